The summed E-state index contributed by atoms with van der Waals surface area (Å²) in [6.07, 6.45) is 2.48. The molecule has 2 aromatic rings. The molecule has 0 saturated heterocycles. The van der Waals surface area contributed by atoms with E-state index >= 15 is 0 Å². The third-order valence-corrected chi connectivity index (χ3v) is 3.54. The quantitative estimate of drug-likeness (QED) is 0.506. The second-order valence-electron chi connectivity index (χ2n) is 5.64. The van der Waals surface area contributed by atoms with Crippen molar-refractivity contribution in [2.75, 3.05) is 19.8 Å². The van der Waals surface area contributed by atoms with E-state index in [9.17, 15) is 4.79 Å². The molecule has 0 bridgehead atoms. The molecule has 0 heterocycles. The molecular weight excluding hydrogens is 344 g/mol. The van der Waals surface area contributed by atoms with E-state index in [0.29, 0.717) is 36.9 Å². The van der Waals surface area contributed by atoms with E-state index in [0.717, 1.165) is 17.7 Å². The lowest BCUT2D eigenvalue weighted by atomic mass is 10.2. The molecule has 0 saturated carbocycles. The fraction of sp³-hybridized carbons (Fsp3) is 0.333. The minimum atomic E-state index is -0.319. The Morgan fingerprint density at radius 3 is 2.37 bits per heavy atom. The predicted octanol–water partition coefficient (Wildman–Crippen LogP) is 4.04. The van der Waals surface area contributed by atoms with Gasteiger partial charge in [-0.1, -0.05) is 6.92 Å². The number of ether oxygens (including phenoxy) is 3. The van der Waals surface area contributed by atoms with Crippen molar-refractivity contribution in [1.29, 1.82) is 0 Å². The Labute approximate surface area is 160 Å². The van der Waals surface area contributed by atoms with Crippen LogP contribution in [0.2, 0.25) is 0 Å². The van der Waals surface area contributed by atoms with E-state index in [1.165, 1.54) is 0 Å². The largest absolute Gasteiger partial charge is 0.494 e. The Hall–Kier alpha value is -3.02. The molecule has 144 valence electrons. The predicted molar refractivity (Wildman–Crippen MR) is 106 cm³/mol. The highest BCUT2D eigenvalue weighted by molar-refractivity contribution is 5.95. The van der Waals surface area contributed by atoms with Gasteiger partial charge in [0, 0.05) is 5.56 Å². The van der Waals surface area contributed by atoms with Crippen molar-refractivity contribution in [2.45, 2.75) is 27.2 Å². The lowest BCUT2D eigenvalue weighted by Gasteiger charge is -2.12. The SMILES string of the molecule is CCCOc1ccc(C(=O)N/N=C/c2ccc(OCC)cc2)cc1OCC. The summed E-state index contributed by atoms with van der Waals surface area (Å²) in [6.45, 7) is 7.56. The standard InChI is InChI=1S/C21H26N2O4/c1-4-13-27-19-12-9-17(14-20(19)26-6-3)21(24)23-22-15-16-7-10-18(11-8-16)25-5-2/h7-12,14-15H,4-6,13H2,1-3H3,(H,23,24)/b22-15+. The van der Waals surface area contributed by atoms with Gasteiger partial charge in [0.15, 0.2) is 11.5 Å². The van der Waals surface area contributed by atoms with Crippen LogP contribution in [0.5, 0.6) is 17.2 Å². The monoisotopic (exact) mass is 370 g/mol. The molecule has 1 amide bonds. The minimum Gasteiger partial charge on any atom is -0.494 e. The number of rotatable bonds is 10. The molecule has 27 heavy (non-hydrogen) atoms. The molecule has 0 atom stereocenters. The van der Waals surface area contributed by atoms with Crippen molar-refractivity contribution in [3.63, 3.8) is 0 Å². The molecule has 0 spiro atoms. The lowest BCUT2D eigenvalue weighted by molar-refractivity contribution is 0.0954. The molecular formula is C21H26N2O4. The molecule has 0 fully saturated rings. The molecule has 0 radical (unpaired) electrons. The summed E-state index contributed by atoms with van der Waals surface area (Å²) in [5.41, 5.74) is 3.83. The van der Waals surface area contributed by atoms with Crippen LogP contribution in [-0.4, -0.2) is 31.9 Å². The van der Waals surface area contributed by atoms with E-state index in [1.807, 2.05) is 45.0 Å². The summed E-state index contributed by atoms with van der Waals surface area (Å²) in [4.78, 5) is 12.3. The summed E-state index contributed by atoms with van der Waals surface area (Å²) in [5.74, 6) is 1.66. The number of hydrogen-bond donors (Lipinski definition) is 1. The fourth-order valence-electron chi connectivity index (χ4n) is 2.30. The van der Waals surface area contributed by atoms with Gasteiger partial charge in [0.25, 0.3) is 5.91 Å². The van der Waals surface area contributed by atoms with Crippen LogP contribution in [-0.2, 0) is 0 Å². The first-order chi connectivity index (χ1) is 13.2. The highest BCUT2D eigenvalue weighted by Crippen LogP contribution is 2.28. The molecule has 0 aromatic heterocycles. The first-order valence-electron chi connectivity index (χ1n) is 9.13. The molecule has 0 aliphatic carbocycles. The van der Waals surface area contributed by atoms with Crippen LogP contribution >= 0.6 is 0 Å². The van der Waals surface area contributed by atoms with Crippen LogP contribution in [0.4, 0.5) is 0 Å². The first kappa shape index (κ1) is 20.3. The number of nitrogens with zero attached hydrogens (tertiary/aromatic N) is 1. The molecule has 1 N–H and O–H groups in total. The van der Waals surface area contributed by atoms with Gasteiger partial charge in [-0.15, -0.1) is 0 Å². The summed E-state index contributed by atoms with van der Waals surface area (Å²) >= 11 is 0. The Morgan fingerprint density at radius 1 is 0.963 bits per heavy atom. The zero-order valence-electron chi connectivity index (χ0n) is 16.0. The average molecular weight is 370 g/mol. The number of carbonyl (C=O) groups excluding carboxylic acids is 1. The zero-order valence-corrected chi connectivity index (χ0v) is 16.0. The Morgan fingerprint density at radius 2 is 1.70 bits per heavy atom. The first-order valence-corrected chi connectivity index (χ1v) is 9.13. The van der Waals surface area contributed by atoms with Crippen LogP contribution in [0.15, 0.2) is 47.6 Å². The van der Waals surface area contributed by atoms with Crippen molar-refractivity contribution >= 4 is 12.1 Å². The van der Waals surface area contributed by atoms with Crippen LogP contribution in [0, 0.1) is 0 Å². The molecule has 0 unspecified atom stereocenters. The van der Waals surface area contributed by atoms with Crippen molar-refractivity contribution in [3.8, 4) is 17.2 Å². The van der Waals surface area contributed by atoms with Gasteiger partial charge in [0.2, 0.25) is 0 Å². The van der Waals surface area contributed by atoms with E-state index in [1.54, 1.807) is 24.4 Å². The van der Waals surface area contributed by atoms with Gasteiger partial charge >= 0.3 is 0 Å². The van der Waals surface area contributed by atoms with Gasteiger partial charge < -0.3 is 14.2 Å². The fourth-order valence-corrected chi connectivity index (χ4v) is 2.30. The smallest absolute Gasteiger partial charge is 0.271 e. The summed E-state index contributed by atoms with van der Waals surface area (Å²) < 4.78 is 16.6. The van der Waals surface area contributed by atoms with E-state index in [4.69, 9.17) is 14.2 Å². The second-order valence-corrected chi connectivity index (χ2v) is 5.64. The van der Waals surface area contributed by atoms with Crippen molar-refractivity contribution < 1.29 is 19.0 Å². The molecule has 6 nitrogen and oxygen atoms in total. The molecule has 2 aromatic carbocycles. The van der Waals surface area contributed by atoms with Gasteiger partial charge in [-0.05, 0) is 68.3 Å². The van der Waals surface area contributed by atoms with Crippen LogP contribution in [0.3, 0.4) is 0 Å². The van der Waals surface area contributed by atoms with Crippen LogP contribution in [0.25, 0.3) is 0 Å². The highest BCUT2D eigenvalue weighted by atomic mass is 16.5. The van der Waals surface area contributed by atoms with E-state index in [2.05, 4.69) is 10.5 Å². The molecule has 0 aliphatic rings. The Balaban J connectivity index is 2.00. The number of hydrazone groups is 1. The number of amides is 1. The van der Waals surface area contributed by atoms with Crippen molar-refractivity contribution in [2.24, 2.45) is 5.10 Å². The zero-order chi connectivity index (χ0) is 19.5. The van der Waals surface area contributed by atoms with Crippen molar-refractivity contribution in [3.05, 3.63) is 53.6 Å². The van der Waals surface area contributed by atoms with Gasteiger partial charge in [0.1, 0.15) is 5.75 Å². The van der Waals surface area contributed by atoms with Crippen molar-refractivity contribution in [1.82, 2.24) is 5.43 Å². The highest BCUT2D eigenvalue weighted by Gasteiger charge is 2.11. The van der Waals surface area contributed by atoms with Gasteiger partial charge in [-0.3, -0.25) is 4.79 Å². The average Bonchev–Trinajstić information content (AvgIpc) is 2.68. The third kappa shape index (κ3) is 6.33. The second kappa shape index (κ2) is 10.9. The van der Waals surface area contributed by atoms with E-state index in [-0.39, 0.29) is 5.91 Å². The topological polar surface area (TPSA) is 69.2 Å². The summed E-state index contributed by atoms with van der Waals surface area (Å²) in [5, 5.41) is 4.00. The third-order valence-electron chi connectivity index (χ3n) is 3.54. The Bertz CT molecular complexity index is 757. The van der Waals surface area contributed by atoms with Crippen LogP contribution in [0.1, 0.15) is 43.1 Å². The molecule has 2 rings (SSSR count). The van der Waals surface area contributed by atoms with Gasteiger partial charge in [0.05, 0.1) is 26.0 Å². The maximum Gasteiger partial charge on any atom is 0.271 e. The summed E-state index contributed by atoms with van der Waals surface area (Å²) in [7, 11) is 0. The normalized spacial score (nSPS) is 10.6. The van der Waals surface area contributed by atoms with Gasteiger partial charge in [-0.2, -0.15) is 5.10 Å². The summed E-state index contributed by atoms with van der Waals surface area (Å²) in [6, 6.07) is 12.5. The lowest BCUT2D eigenvalue weighted by Crippen LogP contribution is -2.17. The molecule has 6 heteroatoms. The number of nitrogens with one attached hydrogen (secondary N) is 1. The maximum atomic E-state index is 12.3. The van der Waals surface area contributed by atoms with E-state index < -0.39 is 0 Å². The molecule has 0 aliphatic heterocycles. The minimum absolute atomic E-state index is 0.319. The Kier molecular flexibility index (Phi) is 8.16. The van der Waals surface area contributed by atoms with Gasteiger partial charge in [-0.25, -0.2) is 5.43 Å². The number of hydrogen-bond acceptors (Lipinski definition) is 5. The number of benzene rings is 2. The number of carbonyl (C=O) groups is 1. The van der Waals surface area contributed by atoms with Crippen LogP contribution < -0.4 is 19.6 Å². The maximum absolute atomic E-state index is 12.3.